The molecule has 1 aliphatic rings. The second-order valence-electron chi connectivity index (χ2n) is 6.68. The molecular weight excluding hydrogens is 386 g/mol. The van der Waals surface area contributed by atoms with Crippen LogP contribution in [0.25, 0.3) is 16.5 Å². The summed E-state index contributed by atoms with van der Waals surface area (Å²) in [6, 6.07) is 10.4. The Labute approximate surface area is 161 Å². The number of aliphatic carboxylic acids is 1. The lowest BCUT2D eigenvalue weighted by atomic mass is 9.96. The number of hydrogen-bond donors (Lipinski definition) is 1. The molecule has 1 aliphatic heterocycles. The highest BCUT2D eigenvalue weighted by Gasteiger charge is 2.31. The number of carbonyl (C=O) groups is 1. The van der Waals surface area contributed by atoms with Gasteiger partial charge in [-0.15, -0.1) is 0 Å². The standard InChI is InChI=1S/C20H16ClNO4S/c1-11-3-5-14-17(7-11)22(9-19(23)24)12(2)20(14)16-10-27(25,26)18-6-4-13(21)8-15(16)18/h3-8,10H,9H2,1-2H3,(H,23,24). The van der Waals surface area contributed by atoms with Gasteiger partial charge in [0.1, 0.15) is 6.54 Å². The lowest BCUT2D eigenvalue weighted by Crippen LogP contribution is -2.10. The van der Waals surface area contributed by atoms with Crippen molar-refractivity contribution in [3.63, 3.8) is 0 Å². The number of carboxylic acid groups (broad SMARTS) is 1. The molecule has 1 aromatic heterocycles. The third-order valence-corrected chi connectivity index (χ3v) is 6.60. The SMILES string of the molecule is Cc1ccc2c(C3=CS(=O)(=O)c4ccc(Cl)cc43)c(C)n(CC(=O)O)c2c1. The van der Waals surface area contributed by atoms with Crippen molar-refractivity contribution in [2.45, 2.75) is 25.3 Å². The van der Waals surface area contributed by atoms with Crippen LogP contribution in [0.4, 0.5) is 0 Å². The number of sulfone groups is 1. The molecule has 4 rings (SSSR count). The summed E-state index contributed by atoms with van der Waals surface area (Å²) in [6.07, 6.45) is 0. The molecule has 5 nitrogen and oxygen atoms in total. The number of aromatic nitrogens is 1. The molecule has 0 amide bonds. The Bertz CT molecular complexity index is 1270. The second-order valence-corrected chi connectivity index (χ2v) is 8.88. The van der Waals surface area contributed by atoms with Crippen LogP contribution in [0.5, 0.6) is 0 Å². The van der Waals surface area contributed by atoms with E-state index in [2.05, 4.69) is 0 Å². The molecule has 3 aromatic rings. The van der Waals surface area contributed by atoms with Gasteiger partial charge < -0.3 is 9.67 Å². The molecule has 0 saturated heterocycles. The van der Waals surface area contributed by atoms with E-state index in [4.69, 9.17) is 11.6 Å². The fourth-order valence-corrected chi connectivity index (χ4v) is 5.29. The normalized spacial score (nSPS) is 15.0. The largest absolute Gasteiger partial charge is 0.480 e. The van der Waals surface area contributed by atoms with Crippen molar-refractivity contribution >= 4 is 43.9 Å². The van der Waals surface area contributed by atoms with Gasteiger partial charge in [0.15, 0.2) is 0 Å². The number of fused-ring (bicyclic) bond motifs is 2. The van der Waals surface area contributed by atoms with Gasteiger partial charge in [-0.1, -0.05) is 23.7 Å². The van der Waals surface area contributed by atoms with E-state index >= 15 is 0 Å². The van der Waals surface area contributed by atoms with Gasteiger partial charge in [-0.2, -0.15) is 0 Å². The monoisotopic (exact) mass is 401 g/mol. The Morgan fingerprint density at radius 2 is 1.89 bits per heavy atom. The number of halogens is 1. The van der Waals surface area contributed by atoms with E-state index < -0.39 is 15.8 Å². The zero-order chi connectivity index (χ0) is 19.5. The predicted molar refractivity (Wildman–Crippen MR) is 105 cm³/mol. The molecule has 1 N–H and O–H groups in total. The van der Waals surface area contributed by atoms with E-state index in [0.717, 1.165) is 22.0 Å². The molecule has 0 aliphatic carbocycles. The number of benzene rings is 2. The summed E-state index contributed by atoms with van der Waals surface area (Å²) >= 11 is 6.12. The van der Waals surface area contributed by atoms with Crippen LogP contribution in [-0.4, -0.2) is 24.1 Å². The third kappa shape index (κ3) is 2.76. The molecule has 7 heteroatoms. The fourth-order valence-electron chi connectivity index (χ4n) is 3.70. The Morgan fingerprint density at radius 3 is 2.59 bits per heavy atom. The number of aryl methyl sites for hydroxylation is 1. The molecule has 0 saturated carbocycles. The van der Waals surface area contributed by atoms with Gasteiger partial charge in [-0.05, 0) is 43.7 Å². The van der Waals surface area contributed by atoms with Gasteiger partial charge in [0.25, 0.3) is 0 Å². The first kappa shape index (κ1) is 17.8. The summed E-state index contributed by atoms with van der Waals surface area (Å²) in [5, 5.41) is 11.8. The average Bonchev–Trinajstić information content (AvgIpc) is 2.98. The van der Waals surface area contributed by atoms with Crippen molar-refractivity contribution in [2.24, 2.45) is 0 Å². The van der Waals surface area contributed by atoms with Gasteiger partial charge in [0.2, 0.25) is 9.84 Å². The van der Waals surface area contributed by atoms with Crippen molar-refractivity contribution in [1.29, 1.82) is 0 Å². The van der Waals surface area contributed by atoms with Gasteiger partial charge in [-0.3, -0.25) is 4.79 Å². The molecular formula is C20H16ClNO4S. The highest BCUT2D eigenvalue weighted by molar-refractivity contribution is 7.95. The highest BCUT2D eigenvalue weighted by Crippen LogP contribution is 2.43. The van der Waals surface area contributed by atoms with Crippen LogP contribution in [0.1, 0.15) is 22.4 Å². The molecule has 0 bridgehead atoms. The Balaban J connectivity index is 2.09. The Hall–Kier alpha value is -2.57. The summed E-state index contributed by atoms with van der Waals surface area (Å²) in [6.45, 7) is 3.54. The van der Waals surface area contributed by atoms with Crippen LogP contribution >= 0.6 is 11.6 Å². The first-order valence-electron chi connectivity index (χ1n) is 8.27. The van der Waals surface area contributed by atoms with Crippen LogP contribution < -0.4 is 0 Å². The van der Waals surface area contributed by atoms with Crippen LogP contribution in [0.15, 0.2) is 46.7 Å². The van der Waals surface area contributed by atoms with E-state index in [1.54, 1.807) is 16.7 Å². The lowest BCUT2D eigenvalue weighted by Gasteiger charge is -2.08. The number of rotatable bonds is 3. The molecule has 27 heavy (non-hydrogen) atoms. The molecule has 2 aromatic carbocycles. The van der Waals surface area contributed by atoms with Crippen LogP contribution in [0, 0.1) is 13.8 Å². The molecule has 0 radical (unpaired) electrons. The van der Waals surface area contributed by atoms with E-state index in [1.165, 1.54) is 11.5 Å². The maximum atomic E-state index is 12.6. The summed E-state index contributed by atoms with van der Waals surface area (Å²) in [7, 11) is -3.57. The summed E-state index contributed by atoms with van der Waals surface area (Å²) < 4.78 is 26.9. The van der Waals surface area contributed by atoms with Gasteiger partial charge >= 0.3 is 5.97 Å². The quantitative estimate of drug-likeness (QED) is 0.714. The van der Waals surface area contributed by atoms with Crippen LogP contribution in [-0.2, 0) is 21.2 Å². The van der Waals surface area contributed by atoms with Crippen molar-refractivity contribution in [2.75, 3.05) is 0 Å². The van der Waals surface area contributed by atoms with E-state index in [9.17, 15) is 18.3 Å². The summed E-state index contributed by atoms with van der Waals surface area (Å²) in [5.41, 5.74) is 4.26. The maximum absolute atomic E-state index is 12.6. The van der Waals surface area contributed by atoms with E-state index in [-0.39, 0.29) is 11.4 Å². The first-order valence-corrected chi connectivity index (χ1v) is 10.2. The fraction of sp³-hybridized carbons (Fsp3) is 0.150. The average molecular weight is 402 g/mol. The van der Waals surface area contributed by atoms with Crippen LogP contribution in [0.3, 0.4) is 0 Å². The first-order chi connectivity index (χ1) is 12.7. The van der Waals surface area contributed by atoms with Crippen molar-refractivity contribution in [3.8, 4) is 0 Å². The molecule has 0 fully saturated rings. The number of carboxylic acids is 1. The van der Waals surface area contributed by atoms with Crippen molar-refractivity contribution < 1.29 is 18.3 Å². The minimum atomic E-state index is -3.57. The molecule has 2 heterocycles. The lowest BCUT2D eigenvalue weighted by molar-refractivity contribution is -0.137. The number of hydrogen-bond acceptors (Lipinski definition) is 3. The van der Waals surface area contributed by atoms with E-state index in [0.29, 0.717) is 21.9 Å². The zero-order valence-electron chi connectivity index (χ0n) is 14.7. The minimum absolute atomic E-state index is 0.200. The smallest absolute Gasteiger partial charge is 0.323 e. The zero-order valence-corrected chi connectivity index (χ0v) is 16.2. The van der Waals surface area contributed by atoms with Gasteiger partial charge in [-0.25, -0.2) is 8.42 Å². The summed E-state index contributed by atoms with van der Waals surface area (Å²) in [5.74, 6) is -0.959. The van der Waals surface area contributed by atoms with E-state index in [1.807, 2.05) is 32.0 Å². The van der Waals surface area contributed by atoms with Crippen LogP contribution in [0.2, 0.25) is 5.02 Å². The number of nitrogens with zero attached hydrogens (tertiary/aromatic N) is 1. The molecule has 0 atom stereocenters. The highest BCUT2D eigenvalue weighted by atomic mass is 35.5. The Kier molecular flexibility index (Phi) is 3.94. The third-order valence-electron chi connectivity index (χ3n) is 4.85. The minimum Gasteiger partial charge on any atom is -0.480 e. The van der Waals surface area contributed by atoms with Gasteiger partial charge in [0, 0.05) is 43.7 Å². The van der Waals surface area contributed by atoms with Gasteiger partial charge in [0.05, 0.1) is 4.90 Å². The van der Waals surface area contributed by atoms with Crippen molar-refractivity contribution in [3.05, 3.63) is 69.2 Å². The second kappa shape index (κ2) is 5.97. The topological polar surface area (TPSA) is 76.4 Å². The van der Waals surface area contributed by atoms with Crippen molar-refractivity contribution in [1.82, 2.24) is 4.57 Å². The molecule has 138 valence electrons. The molecule has 0 unspecified atom stereocenters. The summed E-state index contributed by atoms with van der Waals surface area (Å²) in [4.78, 5) is 11.6. The predicted octanol–water partition coefficient (Wildman–Crippen LogP) is 4.17. The maximum Gasteiger partial charge on any atom is 0.323 e. The molecule has 0 spiro atoms. The Morgan fingerprint density at radius 1 is 1.15 bits per heavy atom.